The van der Waals surface area contributed by atoms with Gasteiger partial charge in [-0.1, -0.05) is 11.6 Å². The Morgan fingerprint density at radius 2 is 1.86 bits per heavy atom. The number of aromatic nitrogens is 1. The minimum absolute atomic E-state index is 0.00980. The third-order valence-electron chi connectivity index (χ3n) is 2.94. The maximum atomic E-state index is 12.2. The summed E-state index contributed by atoms with van der Waals surface area (Å²) in [6, 6.07) is 7.16. The number of aromatic carboxylic acids is 1. The molecule has 0 unspecified atom stereocenters. The van der Waals surface area contributed by atoms with Gasteiger partial charge in [0.15, 0.2) is 9.84 Å². The van der Waals surface area contributed by atoms with Crippen LogP contribution in [-0.2, 0) is 16.3 Å². The highest BCUT2D eigenvalue weighted by Crippen LogP contribution is 2.21. The van der Waals surface area contributed by atoms with Crippen molar-refractivity contribution in [3.8, 4) is 0 Å². The molecule has 1 aromatic carbocycles. The second kappa shape index (κ2) is 6.24. The lowest BCUT2D eigenvalue weighted by molar-refractivity contribution is 0.0697. The number of pyridine rings is 1. The molecule has 1 N–H and O–H groups in total. The number of rotatable bonds is 5. The summed E-state index contributed by atoms with van der Waals surface area (Å²) in [4.78, 5) is 14.8. The van der Waals surface area contributed by atoms with Gasteiger partial charge in [0, 0.05) is 12.4 Å². The van der Waals surface area contributed by atoms with E-state index in [0.717, 1.165) is 11.6 Å². The van der Waals surface area contributed by atoms with E-state index in [1.807, 2.05) is 0 Å². The molecule has 0 aliphatic carbocycles. The SMILES string of the molecule is O=C(O)c1cc(S(=O)(=O)CCc2ccncc2)ccc1Cl. The maximum absolute atomic E-state index is 12.2. The molecule has 2 rings (SSSR count). The van der Waals surface area contributed by atoms with Crippen LogP contribution >= 0.6 is 11.6 Å². The predicted molar refractivity (Wildman–Crippen MR) is 78.4 cm³/mol. The molecule has 0 saturated heterocycles. The first-order chi connectivity index (χ1) is 9.90. The molecule has 7 heteroatoms. The number of nitrogens with zero attached hydrogens (tertiary/aromatic N) is 1. The van der Waals surface area contributed by atoms with E-state index in [1.54, 1.807) is 24.5 Å². The van der Waals surface area contributed by atoms with Crippen molar-refractivity contribution in [2.75, 3.05) is 5.75 Å². The summed E-state index contributed by atoms with van der Waals surface area (Å²) in [5, 5.41) is 8.99. The standard InChI is InChI=1S/C14H12ClNO4S/c15-13-2-1-11(9-12(13)14(17)18)21(19,20)8-5-10-3-6-16-7-4-10/h1-4,6-7,9H,5,8H2,(H,17,18). The van der Waals surface area contributed by atoms with E-state index in [9.17, 15) is 13.2 Å². The molecule has 5 nitrogen and oxygen atoms in total. The van der Waals surface area contributed by atoms with Crippen LogP contribution in [0.3, 0.4) is 0 Å². The Morgan fingerprint density at radius 3 is 2.48 bits per heavy atom. The summed E-state index contributed by atoms with van der Waals surface area (Å²) in [7, 11) is -3.57. The van der Waals surface area contributed by atoms with Gasteiger partial charge in [0.05, 0.1) is 21.2 Å². The first-order valence-electron chi connectivity index (χ1n) is 6.04. The molecule has 0 radical (unpaired) electrons. The molecule has 110 valence electrons. The molecule has 0 aliphatic rings. The zero-order valence-corrected chi connectivity index (χ0v) is 12.4. The number of aryl methyl sites for hydroxylation is 1. The molecule has 0 fully saturated rings. The van der Waals surface area contributed by atoms with Crippen molar-refractivity contribution < 1.29 is 18.3 Å². The smallest absolute Gasteiger partial charge is 0.337 e. The summed E-state index contributed by atoms with van der Waals surface area (Å²) in [6.45, 7) is 0. The monoisotopic (exact) mass is 325 g/mol. The van der Waals surface area contributed by atoms with Crippen molar-refractivity contribution in [3.63, 3.8) is 0 Å². The van der Waals surface area contributed by atoms with Gasteiger partial charge in [-0.25, -0.2) is 13.2 Å². The van der Waals surface area contributed by atoms with Crippen molar-refractivity contribution in [2.24, 2.45) is 0 Å². The van der Waals surface area contributed by atoms with Gasteiger partial charge < -0.3 is 5.11 Å². The molecule has 0 bridgehead atoms. The molecule has 0 spiro atoms. The lowest BCUT2D eigenvalue weighted by atomic mass is 10.2. The van der Waals surface area contributed by atoms with E-state index in [0.29, 0.717) is 6.42 Å². The van der Waals surface area contributed by atoms with E-state index in [-0.39, 0.29) is 21.2 Å². The quantitative estimate of drug-likeness (QED) is 0.912. The van der Waals surface area contributed by atoms with Crippen LogP contribution in [0.25, 0.3) is 0 Å². The largest absolute Gasteiger partial charge is 0.478 e. The minimum atomic E-state index is -3.57. The third kappa shape index (κ3) is 3.80. The van der Waals surface area contributed by atoms with Gasteiger partial charge >= 0.3 is 5.97 Å². The number of halogens is 1. The summed E-state index contributed by atoms with van der Waals surface area (Å²) < 4.78 is 24.5. The summed E-state index contributed by atoms with van der Waals surface area (Å²) >= 11 is 5.73. The van der Waals surface area contributed by atoms with E-state index in [4.69, 9.17) is 16.7 Å². The van der Waals surface area contributed by atoms with Crippen molar-refractivity contribution in [2.45, 2.75) is 11.3 Å². The van der Waals surface area contributed by atoms with Gasteiger partial charge in [-0.15, -0.1) is 0 Å². The van der Waals surface area contributed by atoms with Crippen molar-refractivity contribution >= 4 is 27.4 Å². The van der Waals surface area contributed by atoms with Gasteiger partial charge in [-0.2, -0.15) is 0 Å². The van der Waals surface area contributed by atoms with Crippen LogP contribution in [0, 0.1) is 0 Å². The molecule has 0 amide bonds. The predicted octanol–water partition coefficient (Wildman–Crippen LogP) is 2.45. The Morgan fingerprint density at radius 1 is 1.19 bits per heavy atom. The van der Waals surface area contributed by atoms with Gasteiger partial charge in [0.2, 0.25) is 0 Å². The molecular weight excluding hydrogens is 314 g/mol. The Hall–Kier alpha value is -1.92. The van der Waals surface area contributed by atoms with Crippen LogP contribution in [0.15, 0.2) is 47.6 Å². The second-order valence-corrected chi connectivity index (χ2v) is 6.89. The van der Waals surface area contributed by atoms with Crippen molar-refractivity contribution in [1.29, 1.82) is 0 Å². The van der Waals surface area contributed by atoms with Crippen LogP contribution in [0.5, 0.6) is 0 Å². The van der Waals surface area contributed by atoms with Crippen LogP contribution in [-0.4, -0.2) is 30.2 Å². The lowest BCUT2D eigenvalue weighted by Gasteiger charge is -2.06. The second-order valence-electron chi connectivity index (χ2n) is 4.37. The fourth-order valence-electron chi connectivity index (χ4n) is 1.78. The Balaban J connectivity index is 2.24. The zero-order valence-electron chi connectivity index (χ0n) is 10.9. The molecule has 21 heavy (non-hydrogen) atoms. The highest BCUT2D eigenvalue weighted by Gasteiger charge is 2.18. The first kappa shape index (κ1) is 15.5. The minimum Gasteiger partial charge on any atom is -0.478 e. The Kier molecular flexibility index (Phi) is 4.59. The topological polar surface area (TPSA) is 84.3 Å². The van der Waals surface area contributed by atoms with Crippen LogP contribution in [0.4, 0.5) is 0 Å². The molecule has 0 saturated carbocycles. The number of hydrogen-bond acceptors (Lipinski definition) is 4. The molecular formula is C14H12ClNO4S. The average Bonchev–Trinajstić information content (AvgIpc) is 2.46. The zero-order chi connectivity index (χ0) is 15.5. The molecule has 2 aromatic rings. The van der Waals surface area contributed by atoms with Gasteiger partial charge in [0.25, 0.3) is 0 Å². The van der Waals surface area contributed by atoms with Crippen LogP contribution in [0.2, 0.25) is 5.02 Å². The highest BCUT2D eigenvalue weighted by molar-refractivity contribution is 7.91. The Bertz CT molecular complexity index is 760. The number of carboxylic acid groups (broad SMARTS) is 1. The number of carboxylic acids is 1. The Labute approximate surface area is 127 Å². The fourth-order valence-corrected chi connectivity index (χ4v) is 3.29. The molecule has 0 aliphatic heterocycles. The van der Waals surface area contributed by atoms with Gasteiger partial charge in [-0.3, -0.25) is 4.98 Å². The third-order valence-corrected chi connectivity index (χ3v) is 4.98. The van der Waals surface area contributed by atoms with Gasteiger partial charge in [-0.05, 0) is 42.3 Å². The van der Waals surface area contributed by atoms with E-state index >= 15 is 0 Å². The van der Waals surface area contributed by atoms with Crippen molar-refractivity contribution in [3.05, 3.63) is 58.9 Å². The van der Waals surface area contributed by atoms with Gasteiger partial charge in [0.1, 0.15) is 0 Å². The normalized spacial score (nSPS) is 11.3. The van der Waals surface area contributed by atoms with Crippen molar-refractivity contribution in [1.82, 2.24) is 4.98 Å². The van der Waals surface area contributed by atoms with Crippen LogP contribution < -0.4 is 0 Å². The number of sulfone groups is 1. The summed E-state index contributed by atoms with van der Waals surface area (Å²) in [5.41, 5.74) is 0.627. The molecule has 1 heterocycles. The van der Waals surface area contributed by atoms with E-state index in [1.165, 1.54) is 12.1 Å². The number of carbonyl (C=O) groups is 1. The number of hydrogen-bond donors (Lipinski definition) is 1. The summed E-state index contributed by atoms with van der Waals surface area (Å²) in [6.07, 6.45) is 3.51. The lowest BCUT2D eigenvalue weighted by Crippen LogP contribution is -2.10. The van der Waals surface area contributed by atoms with E-state index < -0.39 is 15.8 Å². The summed E-state index contributed by atoms with van der Waals surface area (Å²) in [5.74, 6) is -1.37. The highest BCUT2D eigenvalue weighted by atomic mass is 35.5. The van der Waals surface area contributed by atoms with Crippen LogP contribution in [0.1, 0.15) is 15.9 Å². The number of benzene rings is 1. The fraction of sp³-hybridized carbons (Fsp3) is 0.143. The first-order valence-corrected chi connectivity index (χ1v) is 8.08. The molecule has 1 aromatic heterocycles. The van der Waals surface area contributed by atoms with E-state index in [2.05, 4.69) is 4.98 Å². The maximum Gasteiger partial charge on any atom is 0.337 e. The molecule has 0 atom stereocenters. The average molecular weight is 326 g/mol.